The van der Waals surface area contributed by atoms with Gasteiger partial charge in [0.25, 0.3) is 5.91 Å². The van der Waals surface area contributed by atoms with Crippen molar-refractivity contribution in [3.8, 4) is 5.75 Å². The van der Waals surface area contributed by atoms with Gasteiger partial charge in [0, 0.05) is 63.4 Å². The molecule has 26 heavy (non-hydrogen) atoms. The minimum absolute atomic E-state index is 0.0799. The van der Waals surface area contributed by atoms with Gasteiger partial charge in [-0.15, -0.1) is 0 Å². The molecule has 0 unspecified atom stereocenters. The highest BCUT2D eigenvalue weighted by molar-refractivity contribution is 6.31. The van der Waals surface area contributed by atoms with E-state index >= 15 is 0 Å². The van der Waals surface area contributed by atoms with Crippen LogP contribution in [0.1, 0.15) is 10.4 Å². The summed E-state index contributed by atoms with van der Waals surface area (Å²) >= 11 is 6.07. The maximum absolute atomic E-state index is 13.0. The van der Waals surface area contributed by atoms with Gasteiger partial charge in [-0.05, 0) is 31.2 Å². The molecule has 0 saturated carbocycles. The third-order valence-electron chi connectivity index (χ3n) is 5.58. The van der Waals surface area contributed by atoms with Crippen molar-refractivity contribution >= 4 is 17.5 Å². The highest BCUT2D eigenvalue weighted by Gasteiger charge is 2.37. The number of aliphatic hydroxyl groups is 1. The van der Waals surface area contributed by atoms with Crippen molar-refractivity contribution in [2.24, 2.45) is 11.8 Å². The second-order valence-electron chi connectivity index (χ2n) is 7.36. The molecule has 0 aliphatic carbocycles. The lowest BCUT2D eigenvalue weighted by atomic mass is 9.96. The summed E-state index contributed by atoms with van der Waals surface area (Å²) in [5.41, 5.74) is 0.483. The van der Waals surface area contributed by atoms with Crippen molar-refractivity contribution in [2.45, 2.75) is 0 Å². The maximum atomic E-state index is 13.0. The van der Waals surface area contributed by atoms with E-state index in [4.69, 9.17) is 16.3 Å². The van der Waals surface area contributed by atoms with Crippen LogP contribution in [0.5, 0.6) is 5.75 Å². The van der Waals surface area contributed by atoms with E-state index in [2.05, 4.69) is 16.8 Å². The number of nitrogens with zero attached hydrogens (tertiary/aromatic N) is 3. The molecule has 6 nitrogen and oxygen atoms in total. The number of likely N-dealkylation sites (N-methyl/N-ethyl adjacent to an activating group) is 1. The van der Waals surface area contributed by atoms with E-state index in [1.807, 2.05) is 4.90 Å². The molecule has 1 aromatic rings. The molecule has 0 bridgehead atoms. The van der Waals surface area contributed by atoms with E-state index in [9.17, 15) is 9.90 Å². The topological polar surface area (TPSA) is 56.2 Å². The van der Waals surface area contributed by atoms with Gasteiger partial charge in [0.2, 0.25) is 0 Å². The van der Waals surface area contributed by atoms with Gasteiger partial charge in [0.1, 0.15) is 5.75 Å². The van der Waals surface area contributed by atoms with E-state index in [0.717, 1.165) is 32.7 Å². The van der Waals surface area contributed by atoms with Crippen LogP contribution >= 0.6 is 11.6 Å². The Labute approximate surface area is 160 Å². The molecule has 2 aliphatic rings. The molecule has 2 aliphatic heterocycles. The third-order valence-corrected chi connectivity index (χ3v) is 5.81. The molecule has 0 radical (unpaired) electrons. The molecule has 1 amide bonds. The van der Waals surface area contributed by atoms with Crippen LogP contribution in [-0.2, 0) is 0 Å². The van der Waals surface area contributed by atoms with E-state index in [1.165, 1.54) is 0 Å². The van der Waals surface area contributed by atoms with Gasteiger partial charge in [0.05, 0.1) is 12.7 Å². The summed E-state index contributed by atoms with van der Waals surface area (Å²) in [4.78, 5) is 19.6. The van der Waals surface area contributed by atoms with Crippen LogP contribution < -0.4 is 4.74 Å². The van der Waals surface area contributed by atoms with Crippen molar-refractivity contribution < 1.29 is 14.6 Å². The molecule has 2 atom stereocenters. The Morgan fingerprint density at radius 1 is 1.23 bits per heavy atom. The monoisotopic (exact) mass is 381 g/mol. The first-order chi connectivity index (χ1) is 12.5. The highest BCUT2D eigenvalue weighted by atomic mass is 35.5. The molecule has 2 heterocycles. The average molecular weight is 382 g/mol. The summed E-state index contributed by atoms with van der Waals surface area (Å²) in [6.07, 6.45) is 0. The number of hydrogen-bond donors (Lipinski definition) is 1. The van der Waals surface area contributed by atoms with E-state index in [-0.39, 0.29) is 24.3 Å². The predicted octanol–water partition coefficient (Wildman–Crippen LogP) is 1.28. The molecular formula is C19H28ClN3O3. The number of piperazine rings is 1. The lowest BCUT2D eigenvalue weighted by Gasteiger charge is -2.34. The summed E-state index contributed by atoms with van der Waals surface area (Å²) in [5.74, 6) is 0.854. The number of ether oxygens (including phenoxy) is 1. The van der Waals surface area contributed by atoms with Crippen LogP contribution in [0.4, 0.5) is 0 Å². The Kier molecular flexibility index (Phi) is 6.40. The fourth-order valence-electron chi connectivity index (χ4n) is 3.90. The number of rotatable bonds is 5. The lowest BCUT2D eigenvalue weighted by Crippen LogP contribution is -2.47. The summed E-state index contributed by atoms with van der Waals surface area (Å²) in [6.45, 7) is 6.49. The summed E-state index contributed by atoms with van der Waals surface area (Å²) in [7, 11) is 3.69. The van der Waals surface area contributed by atoms with Crippen LogP contribution in [0, 0.1) is 11.8 Å². The fraction of sp³-hybridized carbons (Fsp3) is 0.632. The van der Waals surface area contributed by atoms with Crippen LogP contribution in [-0.4, -0.2) is 92.3 Å². The van der Waals surface area contributed by atoms with Gasteiger partial charge in [-0.25, -0.2) is 0 Å². The van der Waals surface area contributed by atoms with Gasteiger partial charge >= 0.3 is 0 Å². The Hall–Kier alpha value is -1.34. The molecule has 144 valence electrons. The van der Waals surface area contributed by atoms with Gasteiger partial charge in [-0.3, -0.25) is 4.79 Å². The maximum Gasteiger partial charge on any atom is 0.257 e. The number of halogens is 1. The fourth-order valence-corrected chi connectivity index (χ4v) is 4.07. The average Bonchev–Trinajstić information content (AvgIpc) is 3.05. The second-order valence-corrected chi connectivity index (χ2v) is 7.80. The number of carbonyl (C=O) groups excluding carboxylic acids is 1. The minimum Gasteiger partial charge on any atom is -0.496 e. The summed E-state index contributed by atoms with van der Waals surface area (Å²) in [6, 6.07) is 5.09. The molecule has 3 rings (SSSR count). The van der Waals surface area contributed by atoms with Crippen molar-refractivity contribution in [1.29, 1.82) is 0 Å². The first-order valence-corrected chi connectivity index (χ1v) is 9.54. The van der Waals surface area contributed by atoms with Crippen LogP contribution in [0.25, 0.3) is 0 Å². The molecule has 0 spiro atoms. The zero-order valence-electron chi connectivity index (χ0n) is 15.5. The number of benzene rings is 1. The zero-order valence-corrected chi connectivity index (χ0v) is 16.3. The predicted molar refractivity (Wildman–Crippen MR) is 102 cm³/mol. The minimum atomic E-state index is -0.0799. The molecule has 0 aromatic heterocycles. The van der Waals surface area contributed by atoms with Gasteiger partial charge in [-0.1, -0.05) is 11.6 Å². The molecule has 2 fully saturated rings. The van der Waals surface area contributed by atoms with Crippen molar-refractivity contribution in [2.75, 3.05) is 66.6 Å². The zero-order chi connectivity index (χ0) is 18.7. The van der Waals surface area contributed by atoms with E-state index in [1.54, 1.807) is 25.3 Å². The van der Waals surface area contributed by atoms with Crippen molar-refractivity contribution in [1.82, 2.24) is 14.7 Å². The Bertz CT molecular complexity index is 634. The summed E-state index contributed by atoms with van der Waals surface area (Å²) < 4.78 is 5.32. The van der Waals surface area contributed by atoms with Crippen LogP contribution in [0.2, 0.25) is 5.02 Å². The largest absolute Gasteiger partial charge is 0.496 e. The Morgan fingerprint density at radius 3 is 2.58 bits per heavy atom. The van der Waals surface area contributed by atoms with Gasteiger partial charge < -0.3 is 24.5 Å². The number of hydrogen-bond acceptors (Lipinski definition) is 5. The SMILES string of the molecule is COc1ccc(Cl)cc1C(=O)N1C[C@@H](CN2CCN(C)CC2)[C@@H](CO)C1. The number of likely N-dealkylation sites (tertiary alicyclic amines) is 1. The molecule has 1 aromatic carbocycles. The van der Waals surface area contributed by atoms with Gasteiger partial charge in [-0.2, -0.15) is 0 Å². The number of carbonyl (C=O) groups is 1. The molecule has 2 saturated heterocycles. The van der Waals surface area contributed by atoms with Crippen LogP contribution in [0.15, 0.2) is 18.2 Å². The van der Waals surface area contributed by atoms with Gasteiger partial charge in [0.15, 0.2) is 0 Å². The summed E-state index contributed by atoms with van der Waals surface area (Å²) in [5, 5.41) is 10.3. The number of amides is 1. The lowest BCUT2D eigenvalue weighted by molar-refractivity contribution is 0.0773. The normalized spacial score (nSPS) is 24.8. The van der Waals surface area contributed by atoms with E-state index < -0.39 is 0 Å². The van der Waals surface area contributed by atoms with Crippen molar-refractivity contribution in [3.63, 3.8) is 0 Å². The Balaban J connectivity index is 1.68. The molecular weight excluding hydrogens is 354 g/mol. The third kappa shape index (κ3) is 4.31. The molecule has 7 heteroatoms. The second kappa shape index (κ2) is 8.57. The smallest absolute Gasteiger partial charge is 0.257 e. The Morgan fingerprint density at radius 2 is 1.92 bits per heavy atom. The number of methoxy groups -OCH3 is 1. The first-order valence-electron chi connectivity index (χ1n) is 9.16. The van der Waals surface area contributed by atoms with Crippen LogP contribution in [0.3, 0.4) is 0 Å². The highest BCUT2D eigenvalue weighted by Crippen LogP contribution is 2.29. The standard InChI is InChI=1S/C19H28ClN3O3/c1-21-5-7-22(8-6-21)10-14-11-23(12-15(14)13-24)19(25)17-9-16(20)3-4-18(17)26-2/h3-4,9,14-15,24H,5-8,10-13H2,1-2H3/t14-,15-/m1/s1. The van der Waals surface area contributed by atoms with E-state index in [0.29, 0.717) is 29.4 Å². The molecule has 1 N–H and O–H groups in total. The quantitative estimate of drug-likeness (QED) is 0.832. The van der Waals surface area contributed by atoms with Crippen molar-refractivity contribution in [3.05, 3.63) is 28.8 Å². The number of aliphatic hydroxyl groups excluding tert-OH is 1. The first kappa shape index (κ1) is 19.4.